The lowest BCUT2D eigenvalue weighted by molar-refractivity contribution is 0.279. The van der Waals surface area contributed by atoms with Crippen molar-refractivity contribution < 1.29 is 0 Å². The molecule has 3 heteroatoms. The normalized spacial score (nSPS) is 25.5. The molecule has 1 saturated carbocycles. The highest BCUT2D eigenvalue weighted by molar-refractivity contribution is 7.80. The van der Waals surface area contributed by atoms with E-state index in [0.717, 1.165) is 17.6 Å². The Kier molecular flexibility index (Phi) is 6.10. The maximum Gasteiger partial charge on any atom is 0.166 e. The molecule has 2 nitrogen and oxygen atoms in total. The zero-order valence-electron chi connectivity index (χ0n) is 10.9. The monoisotopic (exact) mass is 242 g/mol. The highest BCUT2D eigenvalue weighted by Gasteiger charge is 2.23. The van der Waals surface area contributed by atoms with Crippen LogP contribution in [0.1, 0.15) is 52.9 Å². The standard InChI is InChI=1S/C13H26N2S/c1-4-11-7-5-6-8-12(11)15-13(16)14-9-10(2)3/h10-12H,4-9H2,1-3H3,(H2,14,15,16). The Hall–Kier alpha value is -0.310. The SMILES string of the molecule is CCC1CCCCC1NC(=S)NCC(C)C. The second-order valence-electron chi connectivity index (χ2n) is 5.31. The molecule has 0 aromatic heterocycles. The quantitative estimate of drug-likeness (QED) is 0.741. The Balaban J connectivity index is 2.30. The van der Waals surface area contributed by atoms with Gasteiger partial charge in [-0.2, -0.15) is 0 Å². The molecule has 1 aliphatic rings. The summed E-state index contributed by atoms with van der Waals surface area (Å²) >= 11 is 5.33. The van der Waals surface area contributed by atoms with Crippen molar-refractivity contribution in [2.24, 2.45) is 11.8 Å². The summed E-state index contributed by atoms with van der Waals surface area (Å²) in [6, 6.07) is 0.603. The van der Waals surface area contributed by atoms with Crippen LogP contribution in [0.5, 0.6) is 0 Å². The molecule has 0 heterocycles. The zero-order chi connectivity index (χ0) is 12.0. The first-order chi connectivity index (χ1) is 7.63. The van der Waals surface area contributed by atoms with E-state index >= 15 is 0 Å². The van der Waals surface area contributed by atoms with Crippen LogP contribution in [-0.4, -0.2) is 17.7 Å². The predicted octanol–water partition coefficient (Wildman–Crippen LogP) is 3.08. The summed E-state index contributed by atoms with van der Waals surface area (Å²) in [7, 11) is 0. The van der Waals surface area contributed by atoms with Crippen LogP contribution in [0.4, 0.5) is 0 Å². The Labute approximate surface area is 106 Å². The molecule has 0 amide bonds. The van der Waals surface area contributed by atoms with Gasteiger partial charge in [0, 0.05) is 12.6 Å². The molecular weight excluding hydrogens is 216 g/mol. The summed E-state index contributed by atoms with van der Waals surface area (Å²) in [4.78, 5) is 0. The van der Waals surface area contributed by atoms with E-state index in [9.17, 15) is 0 Å². The van der Waals surface area contributed by atoms with E-state index < -0.39 is 0 Å². The fraction of sp³-hybridized carbons (Fsp3) is 0.923. The number of nitrogens with one attached hydrogen (secondary N) is 2. The smallest absolute Gasteiger partial charge is 0.166 e. The molecule has 0 radical (unpaired) electrons. The van der Waals surface area contributed by atoms with Gasteiger partial charge in [-0.05, 0) is 36.9 Å². The van der Waals surface area contributed by atoms with Gasteiger partial charge >= 0.3 is 0 Å². The van der Waals surface area contributed by atoms with Gasteiger partial charge in [0.05, 0.1) is 0 Å². The first kappa shape index (κ1) is 13.8. The van der Waals surface area contributed by atoms with Crippen LogP contribution in [-0.2, 0) is 0 Å². The van der Waals surface area contributed by atoms with Crippen molar-refractivity contribution in [2.45, 2.75) is 58.9 Å². The fourth-order valence-corrected chi connectivity index (χ4v) is 2.64. The average Bonchev–Trinajstić information content (AvgIpc) is 2.27. The van der Waals surface area contributed by atoms with Gasteiger partial charge in [-0.25, -0.2) is 0 Å². The molecule has 0 bridgehead atoms. The molecule has 2 unspecified atom stereocenters. The van der Waals surface area contributed by atoms with Crippen LogP contribution in [0, 0.1) is 11.8 Å². The summed E-state index contributed by atoms with van der Waals surface area (Å²) in [5.41, 5.74) is 0. The summed E-state index contributed by atoms with van der Waals surface area (Å²) < 4.78 is 0. The van der Waals surface area contributed by atoms with Crippen molar-refractivity contribution >= 4 is 17.3 Å². The Morgan fingerprint density at radius 1 is 1.31 bits per heavy atom. The maximum absolute atomic E-state index is 5.33. The molecule has 0 aromatic carbocycles. The molecule has 2 N–H and O–H groups in total. The molecule has 1 aliphatic carbocycles. The van der Waals surface area contributed by atoms with Crippen molar-refractivity contribution in [3.8, 4) is 0 Å². The van der Waals surface area contributed by atoms with Crippen molar-refractivity contribution in [3.05, 3.63) is 0 Å². The van der Waals surface area contributed by atoms with E-state index in [0.29, 0.717) is 12.0 Å². The van der Waals surface area contributed by atoms with E-state index in [4.69, 9.17) is 12.2 Å². The fourth-order valence-electron chi connectivity index (χ4n) is 2.40. The molecule has 2 atom stereocenters. The minimum absolute atomic E-state index is 0.603. The molecular formula is C13H26N2S. The van der Waals surface area contributed by atoms with Gasteiger partial charge < -0.3 is 10.6 Å². The van der Waals surface area contributed by atoms with Gasteiger partial charge in [-0.1, -0.05) is 40.0 Å². The van der Waals surface area contributed by atoms with Gasteiger partial charge in [0.1, 0.15) is 0 Å². The number of hydrogen-bond acceptors (Lipinski definition) is 1. The summed E-state index contributed by atoms with van der Waals surface area (Å²) in [5, 5.41) is 7.64. The molecule has 0 spiro atoms. The van der Waals surface area contributed by atoms with Gasteiger partial charge in [0.15, 0.2) is 5.11 Å². The first-order valence-electron chi connectivity index (χ1n) is 6.67. The Bertz CT molecular complexity index is 216. The molecule has 0 saturated heterocycles. The molecule has 16 heavy (non-hydrogen) atoms. The second kappa shape index (κ2) is 7.10. The highest BCUT2D eigenvalue weighted by atomic mass is 32.1. The zero-order valence-corrected chi connectivity index (χ0v) is 11.7. The van der Waals surface area contributed by atoms with Gasteiger partial charge in [0.2, 0.25) is 0 Å². The van der Waals surface area contributed by atoms with E-state index in [-0.39, 0.29) is 0 Å². The van der Waals surface area contributed by atoms with E-state index in [1.54, 1.807) is 0 Å². The minimum Gasteiger partial charge on any atom is -0.362 e. The van der Waals surface area contributed by atoms with Crippen LogP contribution in [0.15, 0.2) is 0 Å². The minimum atomic E-state index is 0.603. The van der Waals surface area contributed by atoms with E-state index in [1.807, 2.05) is 0 Å². The molecule has 1 fully saturated rings. The van der Waals surface area contributed by atoms with Crippen LogP contribution < -0.4 is 10.6 Å². The van der Waals surface area contributed by atoms with Crippen molar-refractivity contribution in [1.29, 1.82) is 0 Å². The molecule has 0 aliphatic heterocycles. The van der Waals surface area contributed by atoms with Crippen molar-refractivity contribution in [2.75, 3.05) is 6.54 Å². The molecule has 0 aromatic rings. The summed E-state index contributed by atoms with van der Waals surface area (Å²) in [6.07, 6.45) is 6.65. The average molecular weight is 242 g/mol. The van der Waals surface area contributed by atoms with Crippen LogP contribution in [0.2, 0.25) is 0 Å². The first-order valence-corrected chi connectivity index (χ1v) is 7.08. The third-order valence-electron chi connectivity index (χ3n) is 3.42. The largest absolute Gasteiger partial charge is 0.362 e. The van der Waals surface area contributed by atoms with Crippen molar-refractivity contribution in [3.63, 3.8) is 0 Å². The highest BCUT2D eigenvalue weighted by Crippen LogP contribution is 2.26. The second-order valence-corrected chi connectivity index (χ2v) is 5.72. The lowest BCUT2D eigenvalue weighted by Gasteiger charge is -2.32. The van der Waals surface area contributed by atoms with Crippen LogP contribution >= 0.6 is 12.2 Å². The van der Waals surface area contributed by atoms with Gasteiger partial charge in [-0.3, -0.25) is 0 Å². The topological polar surface area (TPSA) is 24.1 Å². The van der Waals surface area contributed by atoms with Gasteiger partial charge in [0.25, 0.3) is 0 Å². The van der Waals surface area contributed by atoms with Crippen LogP contribution in [0.3, 0.4) is 0 Å². The van der Waals surface area contributed by atoms with Gasteiger partial charge in [-0.15, -0.1) is 0 Å². The third kappa shape index (κ3) is 4.69. The molecule has 1 rings (SSSR count). The van der Waals surface area contributed by atoms with Crippen LogP contribution in [0.25, 0.3) is 0 Å². The van der Waals surface area contributed by atoms with Crippen molar-refractivity contribution in [1.82, 2.24) is 10.6 Å². The summed E-state index contributed by atoms with van der Waals surface area (Å²) in [6.45, 7) is 7.65. The van der Waals surface area contributed by atoms with E-state index in [2.05, 4.69) is 31.4 Å². The molecule has 94 valence electrons. The lowest BCUT2D eigenvalue weighted by atomic mass is 9.83. The Morgan fingerprint density at radius 2 is 2.00 bits per heavy atom. The number of thiocarbonyl (C=S) groups is 1. The third-order valence-corrected chi connectivity index (χ3v) is 3.68. The number of hydrogen-bond donors (Lipinski definition) is 2. The lowest BCUT2D eigenvalue weighted by Crippen LogP contribution is -2.47. The van der Waals surface area contributed by atoms with E-state index in [1.165, 1.54) is 32.1 Å². The predicted molar refractivity (Wildman–Crippen MR) is 74.6 cm³/mol. The number of rotatable bonds is 4. The maximum atomic E-state index is 5.33. The Morgan fingerprint density at radius 3 is 2.62 bits per heavy atom. The summed E-state index contributed by atoms with van der Waals surface area (Å²) in [5.74, 6) is 1.46.